The van der Waals surface area contributed by atoms with Crippen molar-refractivity contribution in [3.05, 3.63) is 33.0 Å². The first kappa shape index (κ1) is 12.2. The van der Waals surface area contributed by atoms with E-state index in [1.54, 1.807) is 18.3 Å². The fourth-order valence-corrected chi connectivity index (χ4v) is 2.17. The molecule has 0 aliphatic rings. The second kappa shape index (κ2) is 4.74. The number of aromatic hydroxyl groups is 1. The van der Waals surface area contributed by atoms with E-state index in [-0.39, 0.29) is 25.5 Å². The monoisotopic (exact) mass is 373 g/mol. The number of fused-ring (bicyclic) bond motifs is 1. The summed E-state index contributed by atoms with van der Waals surface area (Å²) in [6, 6.07) is 5.35. The maximum Gasteiger partial charge on any atom is 0.155 e. The van der Waals surface area contributed by atoms with E-state index < -0.39 is 0 Å². The van der Waals surface area contributed by atoms with Crippen LogP contribution in [0, 0.1) is 3.57 Å². The first-order chi connectivity index (χ1) is 6.20. The normalized spacial score (nSPS) is 9.86. The molecule has 0 saturated carbocycles. The molecule has 2 aromatic rings. The van der Waals surface area contributed by atoms with Crippen LogP contribution < -0.4 is 0 Å². The van der Waals surface area contributed by atoms with Crippen molar-refractivity contribution in [3.8, 4) is 5.75 Å². The smallest absolute Gasteiger partial charge is 0.155 e. The van der Waals surface area contributed by atoms with Crippen LogP contribution in [0.5, 0.6) is 5.75 Å². The van der Waals surface area contributed by atoms with Crippen LogP contribution in [0.25, 0.3) is 10.9 Å². The Balaban J connectivity index is 0.000000980. The molecule has 0 fully saturated rings. The molecule has 1 aromatic heterocycles. The zero-order valence-corrected chi connectivity index (χ0v) is 12.4. The number of hydrogen-bond donors (Lipinski definition) is 1. The van der Waals surface area contributed by atoms with Crippen LogP contribution in [-0.4, -0.2) is 29.9 Å². The summed E-state index contributed by atoms with van der Waals surface area (Å²) in [6.45, 7) is 0. The van der Waals surface area contributed by atoms with Crippen molar-refractivity contribution in [1.29, 1.82) is 0 Å². The summed E-state index contributed by atoms with van der Waals surface area (Å²) in [6.07, 6.45) is 1.63. The molecular formula is C9H5ClGaINO. The molecule has 2 rings (SSSR count). The Morgan fingerprint density at radius 3 is 2.86 bits per heavy atom. The van der Waals surface area contributed by atoms with Crippen LogP contribution in [0.4, 0.5) is 0 Å². The number of halogens is 2. The second-order valence-electron chi connectivity index (χ2n) is 2.59. The van der Waals surface area contributed by atoms with Crippen molar-refractivity contribution in [2.45, 2.75) is 0 Å². The number of phenolic OH excluding ortho intramolecular Hbond substituents is 1. The van der Waals surface area contributed by atoms with Gasteiger partial charge in [0.05, 0.1) is 8.59 Å². The average Bonchev–Trinajstić information content (AvgIpc) is 2.15. The molecule has 0 atom stereocenters. The third-order valence-corrected chi connectivity index (χ3v) is 2.90. The standard InChI is InChI=1S/C9H5ClINO.Ga/c10-6-4-7(11)9(13)8-5(6)2-1-3-12-8;/h1-4,13H;/i;1-2. The van der Waals surface area contributed by atoms with Gasteiger partial charge in [-0.2, -0.15) is 0 Å². The van der Waals surface area contributed by atoms with E-state index in [9.17, 15) is 5.11 Å². The molecule has 0 bridgehead atoms. The predicted octanol–water partition coefficient (Wildman–Crippen LogP) is 2.82. The third kappa shape index (κ3) is 2.02. The maximum absolute atomic E-state index is 9.65. The van der Waals surface area contributed by atoms with Crippen LogP contribution in [0.3, 0.4) is 0 Å². The molecule has 0 amide bonds. The Kier molecular flexibility index (Phi) is 4.11. The van der Waals surface area contributed by atoms with Gasteiger partial charge in [-0.05, 0) is 40.8 Å². The minimum absolute atomic E-state index is 0. The topological polar surface area (TPSA) is 33.1 Å². The number of nitrogens with zero attached hydrogens (tertiary/aromatic N) is 1. The van der Waals surface area contributed by atoms with Crippen LogP contribution in [-0.2, 0) is 0 Å². The number of aromatic nitrogens is 1. The Morgan fingerprint density at radius 1 is 1.43 bits per heavy atom. The van der Waals surface area contributed by atoms with Gasteiger partial charge in [0, 0.05) is 31.4 Å². The van der Waals surface area contributed by atoms with E-state index in [1.165, 1.54) is 0 Å². The second-order valence-corrected chi connectivity index (χ2v) is 4.16. The first-order valence-corrected chi connectivity index (χ1v) is 5.07. The van der Waals surface area contributed by atoms with E-state index in [0.29, 0.717) is 14.1 Å². The van der Waals surface area contributed by atoms with Crippen molar-refractivity contribution in [1.82, 2.24) is 4.98 Å². The van der Waals surface area contributed by atoms with Gasteiger partial charge in [-0.25, -0.2) is 0 Å². The molecular weight excluding hydrogens is 368 g/mol. The molecule has 0 aliphatic heterocycles. The average molecular weight is 373 g/mol. The van der Waals surface area contributed by atoms with E-state index in [4.69, 9.17) is 11.6 Å². The van der Waals surface area contributed by atoms with Gasteiger partial charge >= 0.3 is 0 Å². The molecule has 0 saturated heterocycles. The molecule has 5 heteroatoms. The molecule has 0 unspecified atom stereocenters. The third-order valence-electron chi connectivity index (χ3n) is 1.77. The number of rotatable bonds is 0. The van der Waals surface area contributed by atoms with Gasteiger partial charge < -0.3 is 5.11 Å². The molecule has 1 aromatic carbocycles. The first-order valence-electron chi connectivity index (χ1n) is 3.62. The maximum atomic E-state index is 9.65. The van der Waals surface area contributed by atoms with Crippen molar-refractivity contribution >= 4 is 64.9 Å². The van der Waals surface area contributed by atoms with Crippen molar-refractivity contribution in [3.63, 3.8) is 0 Å². The van der Waals surface area contributed by atoms with Gasteiger partial charge in [0.25, 0.3) is 0 Å². The summed E-state index contributed by atoms with van der Waals surface area (Å²) in [4.78, 5) is 4.06. The Bertz CT molecular complexity index is 478. The van der Waals surface area contributed by atoms with Crippen LogP contribution >= 0.6 is 34.2 Å². The van der Waals surface area contributed by atoms with Crippen LogP contribution in [0.2, 0.25) is 5.02 Å². The molecule has 0 spiro atoms. The van der Waals surface area contributed by atoms with Crippen molar-refractivity contribution in [2.24, 2.45) is 0 Å². The minimum Gasteiger partial charge on any atom is -0.505 e. The van der Waals surface area contributed by atoms with Gasteiger partial charge in [0.15, 0.2) is 5.75 Å². The van der Waals surface area contributed by atoms with Gasteiger partial charge in [0.2, 0.25) is 0 Å². The fourth-order valence-electron chi connectivity index (χ4n) is 1.16. The number of pyridine rings is 1. The summed E-state index contributed by atoms with van der Waals surface area (Å²) in [5, 5.41) is 11.0. The summed E-state index contributed by atoms with van der Waals surface area (Å²) >= 11 is 8.00. The predicted molar refractivity (Wildman–Crippen MR) is 66.9 cm³/mol. The summed E-state index contributed by atoms with van der Waals surface area (Å²) in [5.74, 6) is 0.195. The number of hydrogen-bond acceptors (Lipinski definition) is 2. The van der Waals surface area contributed by atoms with Crippen molar-refractivity contribution < 1.29 is 5.11 Å². The minimum atomic E-state index is 0. The van der Waals surface area contributed by atoms with E-state index in [0.717, 1.165) is 5.39 Å². The molecule has 0 aliphatic carbocycles. The summed E-state index contributed by atoms with van der Waals surface area (Å²) in [7, 11) is 0. The zero-order valence-electron chi connectivity index (χ0n) is 7.04. The van der Waals surface area contributed by atoms with Crippen molar-refractivity contribution in [2.75, 3.05) is 0 Å². The molecule has 2 nitrogen and oxygen atoms in total. The summed E-state index contributed by atoms with van der Waals surface area (Å²) in [5.41, 5.74) is 0.555. The fraction of sp³-hybridized carbons (Fsp3) is 0. The van der Waals surface area contributed by atoms with E-state index >= 15 is 0 Å². The van der Waals surface area contributed by atoms with Crippen LogP contribution in [0.1, 0.15) is 0 Å². The van der Waals surface area contributed by atoms with E-state index in [2.05, 4.69) is 4.98 Å². The molecule has 1 heterocycles. The molecule has 3 radical (unpaired) electrons. The number of benzene rings is 1. The Hall–Kier alpha value is 0.0864. The zero-order chi connectivity index (χ0) is 9.42. The van der Waals surface area contributed by atoms with Gasteiger partial charge in [-0.15, -0.1) is 0 Å². The molecule has 69 valence electrons. The summed E-state index contributed by atoms with van der Waals surface area (Å²) < 4.78 is 0.716. The van der Waals surface area contributed by atoms with Crippen LogP contribution in [0.15, 0.2) is 24.4 Å². The Morgan fingerprint density at radius 2 is 2.14 bits per heavy atom. The quantitative estimate of drug-likeness (QED) is 0.569. The Labute approximate surface area is 113 Å². The SMILES string of the molecule is Oc1c(I)cc(Cl)c2cccnc12.[68Ga]. The largest absolute Gasteiger partial charge is 0.505 e. The number of phenols is 1. The van der Waals surface area contributed by atoms with Gasteiger partial charge in [0.1, 0.15) is 5.52 Å². The molecule has 14 heavy (non-hydrogen) atoms. The van der Waals surface area contributed by atoms with E-state index in [1.807, 2.05) is 28.7 Å². The van der Waals surface area contributed by atoms with Gasteiger partial charge in [-0.3, -0.25) is 4.98 Å². The molecule has 1 N–H and O–H groups in total. The van der Waals surface area contributed by atoms with Gasteiger partial charge in [-0.1, -0.05) is 11.6 Å².